The van der Waals surface area contributed by atoms with Crippen LogP contribution in [0.5, 0.6) is 17.2 Å². The number of sulfonamides is 1. The molecule has 0 spiro atoms. The van der Waals surface area contributed by atoms with Gasteiger partial charge in [-0.2, -0.15) is 4.31 Å². The van der Waals surface area contributed by atoms with Crippen molar-refractivity contribution in [2.24, 2.45) is 0 Å². The first-order chi connectivity index (χ1) is 17.9. The quantitative estimate of drug-likeness (QED) is 0.324. The van der Waals surface area contributed by atoms with Crippen molar-refractivity contribution in [1.82, 2.24) is 9.29 Å². The van der Waals surface area contributed by atoms with Crippen LogP contribution in [0.2, 0.25) is 0 Å². The topological polar surface area (TPSA) is 97.8 Å². The smallest absolute Gasteiger partial charge is 0.244 e. The van der Waals surface area contributed by atoms with Crippen molar-refractivity contribution in [3.63, 3.8) is 0 Å². The van der Waals surface area contributed by atoms with Gasteiger partial charge in [0.2, 0.25) is 15.9 Å². The number of benzene rings is 3. The van der Waals surface area contributed by atoms with Gasteiger partial charge < -0.3 is 14.8 Å². The molecule has 1 atom stereocenters. The summed E-state index contributed by atoms with van der Waals surface area (Å²) in [5, 5.41) is 5.07. The number of nitrogens with one attached hydrogen (secondary N) is 1. The lowest BCUT2D eigenvalue weighted by Gasteiger charge is -2.23. The Hall–Kier alpha value is -3.73. The molecule has 1 saturated heterocycles. The highest BCUT2D eigenvalue weighted by molar-refractivity contribution is 7.89. The number of hydrogen-bond acceptors (Lipinski definition) is 7. The molecule has 4 aromatic rings. The highest BCUT2D eigenvalue weighted by atomic mass is 32.2. The molecule has 10 heteroatoms. The van der Waals surface area contributed by atoms with Crippen molar-refractivity contribution >= 4 is 32.4 Å². The number of carbonyl (C=O) groups is 1. The maximum atomic E-state index is 13.2. The van der Waals surface area contributed by atoms with E-state index in [0.29, 0.717) is 35.2 Å². The zero-order valence-electron chi connectivity index (χ0n) is 20.0. The van der Waals surface area contributed by atoms with Gasteiger partial charge in [0.25, 0.3) is 0 Å². The Labute approximate surface area is 219 Å². The lowest BCUT2D eigenvalue weighted by Crippen LogP contribution is -2.43. The van der Waals surface area contributed by atoms with Crippen LogP contribution < -0.4 is 14.8 Å². The lowest BCUT2D eigenvalue weighted by molar-refractivity contribution is -0.119. The molecule has 0 aliphatic carbocycles. The summed E-state index contributed by atoms with van der Waals surface area (Å²) in [6.45, 7) is 0.285. The third-order valence-corrected chi connectivity index (χ3v) is 8.72. The maximum Gasteiger partial charge on any atom is 0.244 e. The second-order valence-electron chi connectivity index (χ2n) is 8.42. The number of anilines is 1. The molecule has 1 aromatic heterocycles. The molecule has 1 fully saturated rings. The Morgan fingerprint density at radius 1 is 0.973 bits per heavy atom. The standard InChI is InChI=1S/C27H25N3O5S2/c1-34-20-13-15-23(16-14-20)37(32,33)30-17-5-8-25(30)26(31)29-27-28-24(18-36-27)19-9-11-22(12-10-19)35-21-6-3-2-4-7-21/h2-4,6-7,9-16,18,25H,5,8,17H2,1H3,(H,28,29,31). The number of para-hydroxylation sites is 1. The van der Waals surface area contributed by atoms with Crippen molar-refractivity contribution in [2.75, 3.05) is 19.0 Å². The molecule has 1 amide bonds. The summed E-state index contributed by atoms with van der Waals surface area (Å²) in [5.74, 6) is 1.64. The molecule has 2 heterocycles. The Bertz CT molecular complexity index is 1470. The van der Waals surface area contributed by atoms with E-state index in [1.54, 1.807) is 12.1 Å². The molecule has 1 N–H and O–H groups in total. The van der Waals surface area contributed by atoms with Gasteiger partial charge in [0, 0.05) is 17.5 Å². The van der Waals surface area contributed by atoms with Gasteiger partial charge in [-0.15, -0.1) is 11.3 Å². The van der Waals surface area contributed by atoms with E-state index < -0.39 is 16.1 Å². The Morgan fingerprint density at radius 3 is 2.35 bits per heavy atom. The summed E-state index contributed by atoms with van der Waals surface area (Å²) >= 11 is 1.29. The SMILES string of the molecule is COc1ccc(S(=O)(=O)N2CCCC2C(=O)Nc2nc(-c3ccc(Oc4ccccc4)cc3)cs2)cc1. The molecule has 1 unspecified atom stereocenters. The summed E-state index contributed by atoms with van der Waals surface area (Å²) in [7, 11) is -2.31. The van der Waals surface area contributed by atoms with Crippen LogP contribution in [0.1, 0.15) is 12.8 Å². The van der Waals surface area contributed by atoms with Crippen LogP contribution in [0, 0.1) is 0 Å². The van der Waals surface area contributed by atoms with Gasteiger partial charge >= 0.3 is 0 Å². The molecule has 8 nitrogen and oxygen atoms in total. The number of carbonyl (C=O) groups excluding carboxylic acids is 1. The monoisotopic (exact) mass is 535 g/mol. The largest absolute Gasteiger partial charge is 0.497 e. The van der Waals surface area contributed by atoms with Crippen LogP contribution in [0.3, 0.4) is 0 Å². The van der Waals surface area contributed by atoms with E-state index in [0.717, 1.165) is 11.3 Å². The molecule has 3 aromatic carbocycles. The van der Waals surface area contributed by atoms with Crippen molar-refractivity contribution < 1.29 is 22.7 Å². The minimum absolute atomic E-state index is 0.129. The van der Waals surface area contributed by atoms with Gasteiger partial charge in [-0.1, -0.05) is 18.2 Å². The van der Waals surface area contributed by atoms with Gasteiger partial charge in [-0.05, 0) is 73.5 Å². The van der Waals surface area contributed by atoms with Crippen molar-refractivity contribution in [3.8, 4) is 28.5 Å². The molecule has 5 rings (SSSR count). The Kier molecular flexibility index (Phi) is 7.22. The van der Waals surface area contributed by atoms with Crippen LogP contribution in [0.4, 0.5) is 5.13 Å². The summed E-state index contributed by atoms with van der Waals surface area (Å²) in [6, 6.07) is 22.4. The third kappa shape index (κ3) is 5.51. The highest BCUT2D eigenvalue weighted by Crippen LogP contribution is 2.31. The number of methoxy groups -OCH3 is 1. The Morgan fingerprint density at radius 2 is 1.65 bits per heavy atom. The lowest BCUT2D eigenvalue weighted by atomic mass is 10.2. The van der Waals surface area contributed by atoms with E-state index >= 15 is 0 Å². The predicted molar refractivity (Wildman–Crippen MR) is 143 cm³/mol. The number of thiazole rings is 1. The molecular weight excluding hydrogens is 510 g/mol. The van der Waals surface area contributed by atoms with Crippen LogP contribution in [0.25, 0.3) is 11.3 Å². The first-order valence-corrected chi connectivity index (χ1v) is 14.0. The first kappa shape index (κ1) is 24.9. The minimum atomic E-state index is -3.83. The fourth-order valence-electron chi connectivity index (χ4n) is 4.14. The summed E-state index contributed by atoms with van der Waals surface area (Å²) in [4.78, 5) is 17.7. The van der Waals surface area contributed by atoms with E-state index in [4.69, 9.17) is 9.47 Å². The van der Waals surface area contributed by atoms with E-state index in [1.807, 2.05) is 60.0 Å². The third-order valence-electron chi connectivity index (χ3n) is 6.04. The maximum absolute atomic E-state index is 13.2. The van der Waals surface area contributed by atoms with Gasteiger partial charge in [0.15, 0.2) is 5.13 Å². The van der Waals surface area contributed by atoms with Gasteiger partial charge in [-0.25, -0.2) is 13.4 Å². The van der Waals surface area contributed by atoms with Crippen LogP contribution in [0.15, 0.2) is 89.1 Å². The molecule has 37 heavy (non-hydrogen) atoms. The number of rotatable bonds is 8. The number of nitrogens with zero attached hydrogens (tertiary/aromatic N) is 2. The second kappa shape index (κ2) is 10.7. The average molecular weight is 536 g/mol. The zero-order chi connectivity index (χ0) is 25.8. The van der Waals surface area contributed by atoms with Crippen LogP contribution in [-0.4, -0.2) is 43.3 Å². The zero-order valence-corrected chi connectivity index (χ0v) is 21.7. The molecule has 1 aliphatic heterocycles. The minimum Gasteiger partial charge on any atom is -0.497 e. The molecule has 190 valence electrons. The van der Waals surface area contributed by atoms with E-state index in [1.165, 1.54) is 34.9 Å². The highest BCUT2D eigenvalue weighted by Gasteiger charge is 2.39. The summed E-state index contributed by atoms with van der Waals surface area (Å²) in [6.07, 6.45) is 1.05. The summed E-state index contributed by atoms with van der Waals surface area (Å²) in [5.41, 5.74) is 1.59. The Balaban J connectivity index is 1.25. The van der Waals surface area contributed by atoms with Gasteiger partial charge in [0.05, 0.1) is 17.7 Å². The fraction of sp³-hybridized carbons (Fsp3) is 0.185. The molecule has 0 saturated carbocycles. The van der Waals surface area contributed by atoms with E-state index in [9.17, 15) is 13.2 Å². The molecule has 0 bridgehead atoms. The number of hydrogen-bond donors (Lipinski definition) is 1. The number of ether oxygens (including phenoxy) is 2. The van der Waals surface area contributed by atoms with Crippen molar-refractivity contribution in [3.05, 3.63) is 84.2 Å². The predicted octanol–water partition coefficient (Wildman–Crippen LogP) is 5.40. The number of amides is 1. The second-order valence-corrected chi connectivity index (χ2v) is 11.2. The molecular formula is C27H25N3O5S2. The van der Waals surface area contributed by atoms with Crippen molar-refractivity contribution in [2.45, 2.75) is 23.8 Å². The normalized spacial score (nSPS) is 15.9. The van der Waals surface area contributed by atoms with Gasteiger partial charge in [-0.3, -0.25) is 4.79 Å². The average Bonchev–Trinajstić information content (AvgIpc) is 3.60. The van der Waals surface area contributed by atoms with Crippen LogP contribution >= 0.6 is 11.3 Å². The molecule has 1 aliphatic rings. The summed E-state index contributed by atoms with van der Waals surface area (Å²) < 4.78 is 38.6. The van der Waals surface area contributed by atoms with E-state index in [2.05, 4.69) is 10.3 Å². The fourth-order valence-corrected chi connectivity index (χ4v) is 6.52. The van der Waals surface area contributed by atoms with Crippen LogP contribution in [-0.2, 0) is 14.8 Å². The number of aromatic nitrogens is 1. The molecule has 0 radical (unpaired) electrons. The van der Waals surface area contributed by atoms with E-state index in [-0.39, 0.29) is 17.3 Å². The first-order valence-electron chi connectivity index (χ1n) is 11.7. The van der Waals surface area contributed by atoms with Crippen molar-refractivity contribution in [1.29, 1.82) is 0 Å². The van der Waals surface area contributed by atoms with Gasteiger partial charge in [0.1, 0.15) is 23.3 Å².